The van der Waals surface area contributed by atoms with Crippen LogP contribution in [-0.4, -0.2) is 44.6 Å². The van der Waals surface area contributed by atoms with Gasteiger partial charge in [0.25, 0.3) is 0 Å². The van der Waals surface area contributed by atoms with E-state index in [0.717, 1.165) is 18.4 Å². The molecule has 118 valence electrons. The molecule has 21 heavy (non-hydrogen) atoms. The number of rotatable bonds is 11. The molecule has 1 unspecified atom stereocenters. The number of benzene rings is 1. The lowest BCUT2D eigenvalue weighted by Gasteiger charge is -2.11. The summed E-state index contributed by atoms with van der Waals surface area (Å²) in [7, 11) is 1.65. The first kappa shape index (κ1) is 18.0. The maximum Gasteiger partial charge on any atom is 0.233 e. The van der Waals surface area contributed by atoms with Crippen molar-refractivity contribution in [3.8, 4) is 0 Å². The van der Waals surface area contributed by atoms with Crippen LogP contribution in [0.2, 0.25) is 0 Å². The molecule has 1 N–H and O–H groups in total. The third-order valence-electron chi connectivity index (χ3n) is 3.02. The topological polar surface area (TPSA) is 47.6 Å². The van der Waals surface area contributed by atoms with E-state index >= 15 is 0 Å². The van der Waals surface area contributed by atoms with Crippen LogP contribution < -0.4 is 5.32 Å². The average Bonchev–Trinajstić information content (AvgIpc) is 2.50. The predicted molar refractivity (Wildman–Crippen MR) is 87.9 cm³/mol. The zero-order valence-corrected chi connectivity index (χ0v) is 13.5. The molecule has 0 fully saturated rings. The van der Waals surface area contributed by atoms with E-state index in [1.807, 2.05) is 30.3 Å². The van der Waals surface area contributed by atoms with E-state index in [9.17, 15) is 4.79 Å². The van der Waals surface area contributed by atoms with E-state index in [0.29, 0.717) is 32.8 Å². The van der Waals surface area contributed by atoms with E-state index in [-0.39, 0.29) is 11.2 Å². The van der Waals surface area contributed by atoms with Gasteiger partial charge in [0.1, 0.15) is 0 Å². The summed E-state index contributed by atoms with van der Waals surface area (Å²) in [5.74, 6) is -0.0116. The number of unbranched alkanes of at least 4 members (excludes halogenated alkanes) is 1. The molecular formula is C16H25NO3S. The largest absolute Gasteiger partial charge is 0.382 e. The molecule has 0 radical (unpaired) electrons. The fourth-order valence-electron chi connectivity index (χ4n) is 1.83. The Labute approximate surface area is 132 Å². The Balaban J connectivity index is 2.05. The summed E-state index contributed by atoms with van der Waals surface area (Å²) in [4.78, 5) is 11.9. The second-order valence-electron chi connectivity index (χ2n) is 4.81. The molecule has 0 aliphatic heterocycles. The second-order valence-corrected chi connectivity index (χ2v) is 5.43. The first-order valence-corrected chi connectivity index (χ1v) is 7.82. The Morgan fingerprint density at radius 2 is 1.95 bits per heavy atom. The van der Waals surface area contributed by atoms with E-state index in [1.54, 1.807) is 7.11 Å². The average molecular weight is 311 g/mol. The van der Waals surface area contributed by atoms with Gasteiger partial charge in [-0.25, -0.2) is 0 Å². The first-order valence-electron chi connectivity index (χ1n) is 7.30. The number of thiol groups is 1. The van der Waals surface area contributed by atoms with Gasteiger partial charge in [0.05, 0.1) is 18.5 Å². The molecule has 0 spiro atoms. The Kier molecular flexibility index (Phi) is 9.95. The number of carbonyl (C=O) groups excluding carboxylic acids is 1. The van der Waals surface area contributed by atoms with Crippen LogP contribution in [0.25, 0.3) is 0 Å². The number of nitrogens with one attached hydrogen (secondary N) is 1. The summed E-state index contributed by atoms with van der Waals surface area (Å²) < 4.78 is 10.2. The third kappa shape index (κ3) is 8.75. The maximum atomic E-state index is 11.9. The molecule has 1 aromatic carbocycles. The molecule has 1 aromatic rings. The van der Waals surface area contributed by atoms with Gasteiger partial charge in [-0.3, -0.25) is 4.79 Å². The second kappa shape index (κ2) is 11.6. The summed E-state index contributed by atoms with van der Waals surface area (Å²) in [6.45, 7) is 2.61. The number of hydrogen-bond acceptors (Lipinski definition) is 4. The van der Waals surface area contributed by atoms with Crippen LogP contribution in [0.5, 0.6) is 0 Å². The number of amides is 1. The number of methoxy groups -OCH3 is 1. The van der Waals surface area contributed by atoms with E-state index in [4.69, 9.17) is 9.47 Å². The molecular weight excluding hydrogens is 286 g/mol. The molecule has 1 atom stereocenters. The Morgan fingerprint density at radius 3 is 2.67 bits per heavy atom. The highest BCUT2D eigenvalue weighted by Crippen LogP contribution is 2.07. The van der Waals surface area contributed by atoms with Gasteiger partial charge in [-0.2, -0.15) is 12.6 Å². The minimum atomic E-state index is -0.301. The van der Waals surface area contributed by atoms with Gasteiger partial charge in [-0.1, -0.05) is 30.3 Å². The van der Waals surface area contributed by atoms with Gasteiger partial charge in [0, 0.05) is 20.3 Å². The molecule has 5 heteroatoms. The molecule has 0 aliphatic rings. The lowest BCUT2D eigenvalue weighted by Crippen LogP contribution is -2.33. The van der Waals surface area contributed by atoms with Crippen molar-refractivity contribution < 1.29 is 14.3 Å². The van der Waals surface area contributed by atoms with Crippen molar-refractivity contribution in [3.63, 3.8) is 0 Å². The normalized spacial score (nSPS) is 12.1. The number of ether oxygens (including phenoxy) is 2. The van der Waals surface area contributed by atoms with Gasteiger partial charge in [-0.15, -0.1) is 0 Å². The van der Waals surface area contributed by atoms with Crippen molar-refractivity contribution >= 4 is 18.5 Å². The molecule has 0 saturated carbocycles. The highest BCUT2D eigenvalue weighted by molar-refractivity contribution is 7.81. The summed E-state index contributed by atoms with van der Waals surface area (Å²) in [6.07, 6.45) is 2.49. The molecule has 0 aliphatic carbocycles. The molecule has 0 bridgehead atoms. The van der Waals surface area contributed by atoms with Crippen LogP contribution in [0, 0.1) is 0 Å². The molecule has 1 amide bonds. The van der Waals surface area contributed by atoms with Crippen LogP contribution in [0.15, 0.2) is 30.3 Å². The van der Waals surface area contributed by atoms with E-state index < -0.39 is 0 Å². The molecule has 4 nitrogen and oxygen atoms in total. The Morgan fingerprint density at radius 1 is 1.19 bits per heavy atom. The van der Waals surface area contributed by atoms with Crippen LogP contribution in [0.1, 0.15) is 18.4 Å². The van der Waals surface area contributed by atoms with Crippen molar-refractivity contribution in [3.05, 3.63) is 35.9 Å². The minimum Gasteiger partial charge on any atom is -0.382 e. The lowest BCUT2D eigenvalue weighted by molar-refractivity contribution is -0.120. The fraction of sp³-hybridized carbons (Fsp3) is 0.562. The van der Waals surface area contributed by atoms with Gasteiger partial charge in [-0.05, 0) is 24.8 Å². The molecule has 1 rings (SSSR count). The van der Waals surface area contributed by atoms with Crippen LogP contribution in [0.3, 0.4) is 0 Å². The van der Waals surface area contributed by atoms with Gasteiger partial charge in [0.15, 0.2) is 0 Å². The van der Waals surface area contributed by atoms with Crippen molar-refractivity contribution in [1.29, 1.82) is 0 Å². The van der Waals surface area contributed by atoms with Crippen molar-refractivity contribution in [2.75, 3.05) is 33.5 Å². The number of carbonyl (C=O) groups is 1. The van der Waals surface area contributed by atoms with Crippen molar-refractivity contribution in [2.45, 2.75) is 24.5 Å². The van der Waals surface area contributed by atoms with Crippen LogP contribution in [-0.2, 0) is 20.7 Å². The quantitative estimate of drug-likeness (QED) is 0.486. The zero-order valence-electron chi connectivity index (χ0n) is 12.6. The fourth-order valence-corrected chi connectivity index (χ4v) is 2.14. The Hall–Kier alpha value is -1.04. The first-order chi connectivity index (χ1) is 10.2. The van der Waals surface area contributed by atoms with Crippen molar-refractivity contribution in [1.82, 2.24) is 5.32 Å². The third-order valence-corrected chi connectivity index (χ3v) is 3.44. The van der Waals surface area contributed by atoms with Gasteiger partial charge < -0.3 is 14.8 Å². The predicted octanol–water partition coefficient (Wildman–Crippen LogP) is 2.09. The smallest absolute Gasteiger partial charge is 0.233 e. The summed E-state index contributed by atoms with van der Waals surface area (Å²) in [6, 6.07) is 9.92. The highest BCUT2D eigenvalue weighted by atomic mass is 32.1. The summed E-state index contributed by atoms with van der Waals surface area (Å²) in [5, 5.41) is 2.61. The maximum absolute atomic E-state index is 11.9. The van der Waals surface area contributed by atoms with E-state index in [2.05, 4.69) is 17.9 Å². The zero-order chi connectivity index (χ0) is 15.3. The van der Waals surface area contributed by atoms with Gasteiger partial charge in [0.2, 0.25) is 5.91 Å². The summed E-state index contributed by atoms with van der Waals surface area (Å²) in [5.41, 5.74) is 1.12. The molecule has 0 saturated heterocycles. The summed E-state index contributed by atoms with van der Waals surface area (Å²) >= 11 is 4.37. The monoisotopic (exact) mass is 311 g/mol. The molecule has 0 heterocycles. The highest BCUT2D eigenvalue weighted by Gasteiger charge is 2.13. The molecule has 0 aromatic heterocycles. The van der Waals surface area contributed by atoms with Crippen molar-refractivity contribution in [2.24, 2.45) is 0 Å². The number of hydrogen-bond donors (Lipinski definition) is 2. The van der Waals surface area contributed by atoms with Gasteiger partial charge >= 0.3 is 0 Å². The standard InChI is InChI=1S/C16H25NO3S/c1-19-11-12-20-10-6-5-9-17-16(18)15(21)13-14-7-3-2-4-8-14/h2-4,7-8,15,21H,5-6,9-13H2,1H3,(H,17,18). The SMILES string of the molecule is COCCOCCCCNC(=O)C(S)Cc1ccccc1. The lowest BCUT2D eigenvalue weighted by atomic mass is 10.1. The Bertz CT molecular complexity index is 386. The van der Waals surface area contributed by atoms with Crippen LogP contribution in [0.4, 0.5) is 0 Å². The van der Waals surface area contributed by atoms with E-state index in [1.165, 1.54) is 0 Å². The minimum absolute atomic E-state index is 0.0116. The van der Waals surface area contributed by atoms with Crippen LogP contribution >= 0.6 is 12.6 Å².